The summed E-state index contributed by atoms with van der Waals surface area (Å²) in [7, 11) is 0. The third-order valence-corrected chi connectivity index (χ3v) is 4.11. The lowest BCUT2D eigenvalue weighted by Crippen LogP contribution is -2.18. The zero-order valence-electron chi connectivity index (χ0n) is 14.3. The van der Waals surface area contributed by atoms with Gasteiger partial charge in [-0.1, -0.05) is 36.9 Å². The molecule has 0 unspecified atom stereocenters. The number of nitrogens with one attached hydrogen (secondary N) is 3. The molecule has 3 aromatic rings. The molecule has 0 aliphatic heterocycles. The molecular formula is C19H15N3O6. The maximum Gasteiger partial charge on any atom is 0.409 e. The summed E-state index contributed by atoms with van der Waals surface area (Å²) in [6.07, 6.45) is -2.99. The van der Waals surface area contributed by atoms with Crippen LogP contribution in [0, 0.1) is 0 Å². The van der Waals surface area contributed by atoms with Crippen molar-refractivity contribution >= 4 is 63.0 Å². The first-order valence-electron chi connectivity index (χ1n) is 7.96. The van der Waals surface area contributed by atoms with Gasteiger partial charge in [-0.05, 0) is 28.3 Å². The second-order valence-corrected chi connectivity index (χ2v) is 5.78. The molecule has 0 radical (unpaired) electrons. The van der Waals surface area contributed by atoms with Crippen molar-refractivity contribution < 1.29 is 29.7 Å². The van der Waals surface area contributed by atoms with Crippen LogP contribution in [0.25, 0.3) is 27.6 Å². The highest BCUT2D eigenvalue weighted by atomic mass is 16.4. The Labute approximate surface area is 157 Å². The van der Waals surface area contributed by atoms with Crippen LogP contribution in [0.4, 0.5) is 31.4 Å². The zero-order valence-corrected chi connectivity index (χ0v) is 14.3. The average molecular weight is 381 g/mol. The van der Waals surface area contributed by atoms with Gasteiger partial charge in [-0.15, -0.1) is 0 Å². The van der Waals surface area contributed by atoms with Crippen LogP contribution in [-0.2, 0) is 0 Å². The number of amides is 3. The molecule has 0 heterocycles. The molecule has 9 heteroatoms. The largest absolute Gasteiger partial charge is 0.465 e. The van der Waals surface area contributed by atoms with Crippen molar-refractivity contribution in [1.82, 2.24) is 0 Å². The van der Waals surface area contributed by atoms with E-state index in [1.165, 1.54) is 6.08 Å². The van der Waals surface area contributed by atoms with E-state index < -0.39 is 18.3 Å². The SMILES string of the molecule is C=Cc1c(NC(=O)O)c(NC(=O)O)c(NC(=O)O)c2cc3ccccc3cc12. The van der Waals surface area contributed by atoms with Gasteiger partial charge in [0.1, 0.15) is 0 Å². The predicted octanol–water partition coefficient (Wildman–Crippen LogP) is 4.91. The molecule has 0 aromatic heterocycles. The Balaban J connectivity index is 2.53. The minimum atomic E-state index is -1.49. The molecule has 0 bridgehead atoms. The van der Waals surface area contributed by atoms with E-state index in [0.29, 0.717) is 16.3 Å². The highest BCUT2D eigenvalue weighted by Gasteiger charge is 2.23. The van der Waals surface area contributed by atoms with Crippen molar-refractivity contribution in [2.75, 3.05) is 16.0 Å². The van der Waals surface area contributed by atoms with Gasteiger partial charge in [0.15, 0.2) is 0 Å². The molecular weight excluding hydrogens is 366 g/mol. The van der Waals surface area contributed by atoms with Crippen LogP contribution >= 0.6 is 0 Å². The fourth-order valence-corrected chi connectivity index (χ4v) is 3.12. The Hall–Kier alpha value is -4.27. The summed E-state index contributed by atoms with van der Waals surface area (Å²) in [4.78, 5) is 34.0. The lowest BCUT2D eigenvalue weighted by Gasteiger charge is -2.20. The maximum atomic E-state index is 11.4. The number of carbonyl (C=O) groups is 3. The molecule has 28 heavy (non-hydrogen) atoms. The minimum Gasteiger partial charge on any atom is -0.465 e. The monoisotopic (exact) mass is 381 g/mol. The van der Waals surface area contributed by atoms with Crippen molar-refractivity contribution in [3.8, 4) is 0 Å². The number of carboxylic acid groups (broad SMARTS) is 3. The molecule has 0 saturated heterocycles. The number of benzene rings is 3. The molecule has 0 aliphatic rings. The summed E-state index contributed by atoms with van der Waals surface area (Å²) in [5.41, 5.74) is -0.153. The summed E-state index contributed by atoms with van der Waals surface area (Å²) in [5, 5.41) is 36.6. The van der Waals surface area contributed by atoms with Crippen LogP contribution in [0.1, 0.15) is 5.56 Å². The lowest BCUT2D eigenvalue weighted by atomic mass is 9.95. The quantitative estimate of drug-likeness (QED) is 0.354. The number of fused-ring (bicyclic) bond motifs is 2. The molecule has 9 nitrogen and oxygen atoms in total. The van der Waals surface area contributed by atoms with Crippen molar-refractivity contribution in [3.05, 3.63) is 48.5 Å². The molecule has 0 fully saturated rings. The topological polar surface area (TPSA) is 148 Å². The van der Waals surface area contributed by atoms with Crippen molar-refractivity contribution in [2.45, 2.75) is 0 Å². The second-order valence-electron chi connectivity index (χ2n) is 5.78. The Morgan fingerprint density at radius 1 is 0.750 bits per heavy atom. The number of hydrogen-bond acceptors (Lipinski definition) is 3. The predicted molar refractivity (Wildman–Crippen MR) is 106 cm³/mol. The van der Waals surface area contributed by atoms with Crippen molar-refractivity contribution in [3.63, 3.8) is 0 Å². The molecule has 142 valence electrons. The van der Waals surface area contributed by atoms with Gasteiger partial charge in [0, 0.05) is 10.9 Å². The molecule has 0 spiro atoms. The highest BCUT2D eigenvalue weighted by Crippen LogP contribution is 2.44. The van der Waals surface area contributed by atoms with Crippen LogP contribution in [0.2, 0.25) is 0 Å². The molecule has 0 aliphatic carbocycles. The first-order chi connectivity index (χ1) is 13.3. The zero-order chi connectivity index (χ0) is 20.4. The highest BCUT2D eigenvalue weighted by molar-refractivity contribution is 6.19. The molecule has 3 rings (SSSR count). The maximum absolute atomic E-state index is 11.4. The first-order valence-corrected chi connectivity index (χ1v) is 7.96. The first kappa shape index (κ1) is 18.5. The van der Waals surface area contributed by atoms with Gasteiger partial charge in [0.2, 0.25) is 0 Å². The molecule has 0 saturated carbocycles. The number of rotatable bonds is 4. The fourth-order valence-electron chi connectivity index (χ4n) is 3.12. The van der Waals surface area contributed by atoms with Crippen LogP contribution < -0.4 is 16.0 Å². The van der Waals surface area contributed by atoms with Gasteiger partial charge in [-0.2, -0.15) is 0 Å². The third-order valence-electron chi connectivity index (χ3n) is 4.11. The Bertz CT molecular complexity index is 1160. The van der Waals surface area contributed by atoms with E-state index in [0.717, 1.165) is 10.8 Å². The summed E-state index contributed by atoms with van der Waals surface area (Å²) < 4.78 is 0. The van der Waals surface area contributed by atoms with Crippen LogP contribution in [0.15, 0.2) is 43.0 Å². The third kappa shape index (κ3) is 3.36. The molecule has 6 N–H and O–H groups in total. The minimum absolute atomic E-state index is 0.0926. The van der Waals surface area contributed by atoms with E-state index >= 15 is 0 Å². The summed E-state index contributed by atoms with van der Waals surface area (Å²) in [6, 6.07) is 10.8. The van der Waals surface area contributed by atoms with Gasteiger partial charge < -0.3 is 15.3 Å². The van der Waals surface area contributed by atoms with E-state index in [4.69, 9.17) is 0 Å². The van der Waals surface area contributed by atoms with Gasteiger partial charge in [0.05, 0.1) is 17.1 Å². The van der Waals surface area contributed by atoms with E-state index in [1.54, 1.807) is 12.1 Å². The smallest absolute Gasteiger partial charge is 0.409 e. The van der Waals surface area contributed by atoms with E-state index in [9.17, 15) is 29.7 Å². The Morgan fingerprint density at radius 2 is 1.21 bits per heavy atom. The Kier molecular flexibility index (Phi) is 4.73. The lowest BCUT2D eigenvalue weighted by molar-refractivity contribution is 0.208. The van der Waals surface area contributed by atoms with Gasteiger partial charge in [0.25, 0.3) is 0 Å². The molecule has 0 atom stereocenters. The van der Waals surface area contributed by atoms with Crippen molar-refractivity contribution in [2.24, 2.45) is 0 Å². The summed E-state index contributed by atoms with van der Waals surface area (Å²) in [6.45, 7) is 3.70. The van der Waals surface area contributed by atoms with Crippen molar-refractivity contribution in [1.29, 1.82) is 0 Å². The van der Waals surface area contributed by atoms with Gasteiger partial charge >= 0.3 is 18.3 Å². The van der Waals surface area contributed by atoms with Crippen LogP contribution in [0.5, 0.6) is 0 Å². The fraction of sp³-hybridized carbons (Fsp3) is 0. The number of anilines is 3. The van der Waals surface area contributed by atoms with Crippen LogP contribution in [0.3, 0.4) is 0 Å². The molecule has 3 aromatic carbocycles. The summed E-state index contributed by atoms with van der Waals surface area (Å²) >= 11 is 0. The summed E-state index contributed by atoms with van der Waals surface area (Å²) in [5.74, 6) is 0. The second kappa shape index (κ2) is 7.16. The average Bonchev–Trinajstić information content (AvgIpc) is 2.62. The van der Waals surface area contributed by atoms with Gasteiger partial charge in [-0.3, -0.25) is 16.0 Å². The normalized spacial score (nSPS) is 10.4. The number of hydrogen-bond donors (Lipinski definition) is 6. The van der Waals surface area contributed by atoms with Gasteiger partial charge in [-0.25, -0.2) is 14.4 Å². The Morgan fingerprint density at radius 3 is 1.71 bits per heavy atom. The van der Waals surface area contributed by atoms with E-state index in [2.05, 4.69) is 22.5 Å². The standard InChI is InChI=1S/C19H15N3O6/c1-2-11-12-7-9-5-3-4-6-10(9)8-13(12)15(21-18(25)26)16(22-19(27)28)14(11)20-17(23)24/h2-8,20-22H,1H2,(H,23,24)(H,25,26)(H,27,28). The van der Waals surface area contributed by atoms with E-state index in [1.807, 2.05) is 24.3 Å². The van der Waals surface area contributed by atoms with Crippen LogP contribution in [-0.4, -0.2) is 33.6 Å². The molecule has 3 amide bonds. The van der Waals surface area contributed by atoms with E-state index in [-0.39, 0.29) is 17.1 Å².